The Morgan fingerprint density at radius 3 is 2.38 bits per heavy atom. The molecule has 2 aliphatic heterocycles. The second kappa shape index (κ2) is 14.3. The number of imidazole rings is 1. The van der Waals surface area contributed by atoms with Gasteiger partial charge in [-0.3, -0.25) is 33.1 Å². The molecule has 1 N–H and O–H groups in total. The van der Waals surface area contributed by atoms with Gasteiger partial charge < -0.3 is 14.2 Å². The number of aryl methyl sites for hydroxylation is 2. The van der Waals surface area contributed by atoms with Crippen molar-refractivity contribution in [1.82, 2.24) is 53.3 Å². The van der Waals surface area contributed by atoms with Crippen molar-refractivity contribution in [2.45, 2.75) is 89.8 Å². The van der Waals surface area contributed by atoms with Crippen molar-refractivity contribution in [2.75, 3.05) is 19.8 Å². The van der Waals surface area contributed by atoms with E-state index in [1.165, 1.54) is 21.5 Å². The summed E-state index contributed by atoms with van der Waals surface area (Å²) in [6.07, 6.45) is 11.0. The molecule has 0 radical (unpaired) electrons. The average molecular weight is 882 g/mol. The zero-order chi connectivity index (χ0) is 44.6. The predicted octanol–water partition coefficient (Wildman–Crippen LogP) is 6.86. The fourth-order valence-corrected chi connectivity index (χ4v) is 10.6. The number of benzene rings is 2. The molecule has 2 aliphatic carbocycles. The molecule has 8 heterocycles. The monoisotopic (exact) mass is 881 g/mol. The summed E-state index contributed by atoms with van der Waals surface area (Å²) in [5, 5.41) is 14.8. The highest BCUT2D eigenvalue weighted by Crippen LogP contribution is 2.56. The maximum atomic E-state index is 16.4. The normalized spacial score (nSPS) is 21.2. The second-order valence-electron chi connectivity index (χ2n) is 18.3. The lowest BCUT2D eigenvalue weighted by atomic mass is 9.95. The van der Waals surface area contributed by atoms with Gasteiger partial charge in [-0.1, -0.05) is 12.1 Å². The van der Waals surface area contributed by atoms with E-state index in [-0.39, 0.29) is 41.8 Å². The van der Waals surface area contributed by atoms with Crippen LogP contribution in [0.2, 0.25) is 0 Å². The van der Waals surface area contributed by atoms with Gasteiger partial charge in [0.15, 0.2) is 11.6 Å². The molecular formula is C47H45F2N11O5. The van der Waals surface area contributed by atoms with Crippen LogP contribution in [0.3, 0.4) is 0 Å². The first-order valence-corrected chi connectivity index (χ1v) is 22.3. The second-order valence-corrected chi connectivity index (χ2v) is 18.3. The zero-order valence-electron chi connectivity index (χ0n) is 36.2. The van der Waals surface area contributed by atoms with Crippen LogP contribution in [-0.2, 0) is 16.7 Å². The van der Waals surface area contributed by atoms with Gasteiger partial charge in [0.2, 0.25) is 0 Å². The van der Waals surface area contributed by atoms with E-state index in [2.05, 4.69) is 15.2 Å². The standard InChI is InChI=1S/C47H45F2N11O5/c1-24-17-31(18-25(2)40(24)48)60-42(57-14-13-56(46(57)63)36-8-7-35-32(41(36)49)22-51-59(35)30-5-6-30)39-27(4)55(12-9-33(39)53-60)43(61)37-20-29-19-34(28-10-15-64-16-11-28)50-23-38(29)58(37)47(21-26(47)3)44-52-45(62)65-54-44/h7-8,13-14,17-20,22-23,26-28,30H,5-6,9-12,15-16,21H2,1-4H3,(H,52,54,62). The molecule has 3 fully saturated rings. The van der Waals surface area contributed by atoms with Crippen molar-refractivity contribution in [3.05, 3.63) is 133 Å². The van der Waals surface area contributed by atoms with Crippen molar-refractivity contribution < 1.29 is 22.8 Å². The molecule has 8 aromatic rings. The molecule has 0 bridgehead atoms. The van der Waals surface area contributed by atoms with E-state index in [0.29, 0.717) is 82.4 Å². The first-order valence-electron chi connectivity index (χ1n) is 22.3. The van der Waals surface area contributed by atoms with E-state index >= 15 is 13.6 Å². The Hall–Kier alpha value is -6.95. The Morgan fingerprint density at radius 2 is 1.68 bits per heavy atom. The fraction of sp³-hybridized carbons (Fsp3) is 0.383. The van der Waals surface area contributed by atoms with Gasteiger partial charge in [-0.05, 0) is 106 Å². The van der Waals surface area contributed by atoms with Crippen LogP contribution < -0.4 is 11.4 Å². The molecule has 6 aromatic heterocycles. The van der Waals surface area contributed by atoms with Crippen LogP contribution in [0.15, 0.2) is 75.3 Å². The maximum Gasteiger partial charge on any atom is 0.438 e. The minimum absolute atomic E-state index is 0.0192. The predicted molar refractivity (Wildman–Crippen MR) is 233 cm³/mol. The molecule has 3 atom stereocenters. The van der Waals surface area contributed by atoms with Gasteiger partial charge in [-0.2, -0.15) is 10.2 Å². The summed E-state index contributed by atoms with van der Waals surface area (Å²) in [6.45, 7) is 8.89. The molecule has 4 aliphatic rings. The number of fused-ring (bicyclic) bond motifs is 3. The van der Waals surface area contributed by atoms with Gasteiger partial charge in [0.1, 0.15) is 22.9 Å². The highest BCUT2D eigenvalue weighted by atomic mass is 19.1. The largest absolute Gasteiger partial charge is 0.438 e. The average Bonchev–Trinajstić information content (AvgIpc) is 3.83. The summed E-state index contributed by atoms with van der Waals surface area (Å²) in [6, 6.07) is 10.3. The summed E-state index contributed by atoms with van der Waals surface area (Å²) in [4.78, 5) is 52.1. The van der Waals surface area contributed by atoms with Gasteiger partial charge >= 0.3 is 11.4 Å². The SMILES string of the molecule is Cc1cc(-n2nc3c(c2-n2ccn(-c4ccc5c(cnn5C5CC5)c4F)c2=O)C(C)N(C(=O)c2cc4cc(C5CCOCC5)ncc4n2C2(c4noc(=O)[nH]4)CC2C)CC3)cc(C)c1F. The zero-order valence-corrected chi connectivity index (χ0v) is 36.2. The van der Waals surface area contributed by atoms with Crippen LogP contribution in [0.4, 0.5) is 8.78 Å². The van der Waals surface area contributed by atoms with Gasteiger partial charge in [-0.25, -0.2) is 23.1 Å². The van der Waals surface area contributed by atoms with Crippen LogP contribution in [-0.4, -0.2) is 79.0 Å². The molecule has 1 amide bonds. The number of aromatic amines is 1. The summed E-state index contributed by atoms with van der Waals surface area (Å²) >= 11 is 0. The van der Waals surface area contributed by atoms with E-state index in [1.807, 2.05) is 41.4 Å². The molecule has 332 valence electrons. The van der Waals surface area contributed by atoms with E-state index in [1.54, 1.807) is 53.9 Å². The Bertz CT molecular complexity index is 3370. The topological polar surface area (TPSA) is 169 Å². The van der Waals surface area contributed by atoms with E-state index in [4.69, 9.17) is 19.3 Å². The minimum atomic E-state index is -0.885. The molecule has 0 spiro atoms. The Kier molecular flexibility index (Phi) is 8.70. The van der Waals surface area contributed by atoms with E-state index < -0.39 is 28.8 Å². The van der Waals surface area contributed by atoms with Crippen LogP contribution in [0, 0.1) is 31.4 Å². The molecular weight excluding hydrogens is 837 g/mol. The third kappa shape index (κ3) is 5.91. The smallest absolute Gasteiger partial charge is 0.381 e. The highest BCUT2D eigenvalue weighted by molar-refractivity contribution is 5.99. The quantitative estimate of drug-likeness (QED) is 0.172. The first kappa shape index (κ1) is 39.6. The lowest BCUT2D eigenvalue weighted by molar-refractivity contribution is 0.0663. The number of amides is 1. The molecule has 18 heteroatoms. The summed E-state index contributed by atoms with van der Waals surface area (Å²) < 4.78 is 50.3. The number of ether oxygens (including phenoxy) is 1. The van der Waals surface area contributed by atoms with Crippen molar-refractivity contribution in [1.29, 1.82) is 0 Å². The molecule has 12 rings (SSSR count). The summed E-state index contributed by atoms with van der Waals surface area (Å²) in [5.74, 6) is -1.02. The molecule has 2 saturated carbocycles. The van der Waals surface area contributed by atoms with Crippen LogP contribution in [0.5, 0.6) is 0 Å². The summed E-state index contributed by atoms with van der Waals surface area (Å²) in [7, 11) is 0. The number of H-pyrrole nitrogens is 1. The van der Waals surface area contributed by atoms with Crippen LogP contribution in [0.25, 0.3) is 39.0 Å². The van der Waals surface area contributed by atoms with Crippen molar-refractivity contribution in [3.8, 4) is 17.2 Å². The third-order valence-corrected chi connectivity index (χ3v) is 14.3. The van der Waals surface area contributed by atoms with Crippen molar-refractivity contribution >= 4 is 27.7 Å². The Labute approximate surface area is 369 Å². The van der Waals surface area contributed by atoms with Gasteiger partial charge in [0, 0.05) is 61.1 Å². The lowest BCUT2D eigenvalue weighted by Crippen LogP contribution is -2.41. The number of pyridine rings is 1. The van der Waals surface area contributed by atoms with Gasteiger partial charge in [-0.15, -0.1) is 0 Å². The number of nitrogens with zero attached hydrogens (tertiary/aromatic N) is 10. The maximum absolute atomic E-state index is 16.4. The van der Waals surface area contributed by atoms with Gasteiger partial charge in [0.25, 0.3) is 5.91 Å². The Morgan fingerprint density at radius 1 is 0.923 bits per heavy atom. The number of nitrogens with one attached hydrogen (secondary N) is 1. The minimum Gasteiger partial charge on any atom is -0.381 e. The number of hydrogen-bond donors (Lipinski definition) is 1. The molecule has 3 unspecified atom stereocenters. The van der Waals surface area contributed by atoms with Gasteiger partial charge in [0.05, 0.1) is 58.0 Å². The number of carbonyl (C=O) groups is 1. The van der Waals surface area contributed by atoms with E-state index in [9.17, 15) is 9.59 Å². The number of halogens is 2. The summed E-state index contributed by atoms with van der Waals surface area (Å²) in [5.41, 5.74) is 3.91. The first-order chi connectivity index (χ1) is 31.4. The molecule has 1 saturated heterocycles. The molecule has 2 aromatic carbocycles. The van der Waals surface area contributed by atoms with Crippen LogP contribution >= 0.6 is 0 Å². The number of aromatic nitrogens is 10. The van der Waals surface area contributed by atoms with Crippen molar-refractivity contribution in [3.63, 3.8) is 0 Å². The van der Waals surface area contributed by atoms with E-state index in [0.717, 1.165) is 42.3 Å². The van der Waals surface area contributed by atoms with Crippen LogP contribution in [0.1, 0.15) is 108 Å². The molecule has 16 nitrogen and oxygen atoms in total. The third-order valence-electron chi connectivity index (χ3n) is 14.3. The lowest BCUT2D eigenvalue weighted by Gasteiger charge is -2.34. The Balaban J connectivity index is 0.998. The highest BCUT2D eigenvalue weighted by Gasteiger charge is 2.59. The fourth-order valence-electron chi connectivity index (χ4n) is 10.6. The number of rotatable bonds is 8. The van der Waals surface area contributed by atoms with Crippen molar-refractivity contribution in [2.24, 2.45) is 5.92 Å². The number of hydrogen-bond acceptors (Lipinski definition) is 9. The molecule has 65 heavy (non-hydrogen) atoms. The number of carbonyl (C=O) groups excluding carboxylic acids is 1.